The Morgan fingerprint density at radius 1 is 1.30 bits per heavy atom. The van der Waals surface area contributed by atoms with Crippen molar-refractivity contribution in [2.45, 2.75) is 32.7 Å². The van der Waals surface area contributed by atoms with Gasteiger partial charge in [0.25, 0.3) is 5.91 Å². The molecule has 0 saturated carbocycles. The lowest BCUT2D eigenvalue weighted by Gasteiger charge is -2.35. The summed E-state index contributed by atoms with van der Waals surface area (Å²) in [6, 6.07) is 6.61. The number of carbonyl (C=O) groups excluding carboxylic acids is 2. The molecule has 2 N–H and O–H groups in total. The van der Waals surface area contributed by atoms with Crippen LogP contribution in [-0.2, 0) is 11.2 Å². The van der Waals surface area contributed by atoms with Crippen molar-refractivity contribution in [2.24, 2.45) is 0 Å². The van der Waals surface area contributed by atoms with Gasteiger partial charge in [0.15, 0.2) is 0 Å². The number of nitrogens with one attached hydrogen (secondary N) is 2. The van der Waals surface area contributed by atoms with Crippen LogP contribution in [0.1, 0.15) is 35.1 Å². The number of carbonyl (C=O) groups is 2. The predicted molar refractivity (Wildman–Crippen MR) is 104 cm³/mol. The van der Waals surface area contributed by atoms with Crippen LogP contribution in [-0.4, -0.2) is 52.4 Å². The van der Waals surface area contributed by atoms with Gasteiger partial charge in [0.1, 0.15) is 6.04 Å². The summed E-state index contributed by atoms with van der Waals surface area (Å²) >= 11 is 0. The Labute approximate surface area is 159 Å². The molecule has 0 aliphatic carbocycles. The minimum atomic E-state index is -0.574. The zero-order valence-electron chi connectivity index (χ0n) is 15.7. The molecule has 1 atom stereocenters. The highest BCUT2D eigenvalue weighted by atomic mass is 16.2. The second-order valence-corrected chi connectivity index (χ2v) is 6.68. The second kappa shape index (κ2) is 8.73. The monoisotopic (exact) mass is 367 g/mol. The van der Waals surface area contributed by atoms with Gasteiger partial charge in [0, 0.05) is 42.8 Å². The first-order valence-electron chi connectivity index (χ1n) is 9.28. The number of hydrogen-bond acceptors (Lipinski definition) is 5. The van der Waals surface area contributed by atoms with Gasteiger partial charge < -0.3 is 15.5 Å². The fourth-order valence-electron chi connectivity index (χ4n) is 3.12. The van der Waals surface area contributed by atoms with Crippen molar-refractivity contribution in [1.29, 1.82) is 0 Å². The van der Waals surface area contributed by atoms with Crippen LogP contribution in [0.5, 0.6) is 0 Å². The van der Waals surface area contributed by atoms with Crippen LogP contribution in [0.3, 0.4) is 0 Å². The first-order valence-corrected chi connectivity index (χ1v) is 9.28. The molecule has 2 aromatic heterocycles. The van der Waals surface area contributed by atoms with Crippen molar-refractivity contribution < 1.29 is 9.59 Å². The zero-order valence-corrected chi connectivity index (χ0v) is 15.7. The number of pyridine rings is 2. The molecule has 3 rings (SSSR count). The summed E-state index contributed by atoms with van der Waals surface area (Å²) in [5.74, 6) is -0.359. The molecule has 142 valence electrons. The van der Waals surface area contributed by atoms with Gasteiger partial charge in [-0.3, -0.25) is 19.6 Å². The lowest BCUT2D eigenvalue weighted by molar-refractivity contribution is -0.121. The van der Waals surface area contributed by atoms with E-state index in [4.69, 9.17) is 0 Å². The predicted octanol–water partition coefficient (Wildman–Crippen LogP) is 1.79. The van der Waals surface area contributed by atoms with E-state index < -0.39 is 6.04 Å². The highest BCUT2D eigenvalue weighted by Crippen LogP contribution is 2.14. The van der Waals surface area contributed by atoms with Crippen molar-refractivity contribution in [3.63, 3.8) is 0 Å². The Morgan fingerprint density at radius 2 is 2.15 bits per heavy atom. The van der Waals surface area contributed by atoms with Gasteiger partial charge in [0.2, 0.25) is 5.91 Å². The molecule has 1 aliphatic heterocycles. The lowest BCUT2D eigenvalue weighted by atomic mass is 10.1. The SMILES string of the molecule is CCCc1cc(C(=O)N2CCNC[C@H]2C(=O)Nc2ccc(C)nc2)ccn1. The molecular weight excluding hydrogens is 342 g/mol. The maximum atomic E-state index is 13.0. The van der Waals surface area contributed by atoms with E-state index in [0.717, 1.165) is 24.2 Å². The van der Waals surface area contributed by atoms with Gasteiger partial charge in [-0.2, -0.15) is 0 Å². The van der Waals surface area contributed by atoms with Gasteiger partial charge in [-0.15, -0.1) is 0 Å². The number of aryl methyl sites for hydroxylation is 2. The Balaban J connectivity index is 1.76. The number of amides is 2. The van der Waals surface area contributed by atoms with Crippen molar-refractivity contribution >= 4 is 17.5 Å². The third-order valence-corrected chi connectivity index (χ3v) is 4.56. The first kappa shape index (κ1) is 19.0. The van der Waals surface area contributed by atoms with Gasteiger partial charge in [0.05, 0.1) is 11.9 Å². The zero-order chi connectivity index (χ0) is 19.2. The van der Waals surface area contributed by atoms with E-state index in [1.54, 1.807) is 23.4 Å². The first-order chi connectivity index (χ1) is 13.1. The number of rotatable bonds is 5. The Bertz CT molecular complexity index is 806. The molecule has 0 aromatic carbocycles. The summed E-state index contributed by atoms with van der Waals surface area (Å²) < 4.78 is 0. The number of piperazine rings is 1. The fourth-order valence-corrected chi connectivity index (χ4v) is 3.12. The minimum absolute atomic E-state index is 0.140. The average Bonchev–Trinajstić information content (AvgIpc) is 2.69. The Hall–Kier alpha value is -2.80. The van der Waals surface area contributed by atoms with E-state index >= 15 is 0 Å². The molecule has 3 heterocycles. The molecule has 2 amide bonds. The number of nitrogens with zero attached hydrogens (tertiary/aromatic N) is 3. The molecule has 27 heavy (non-hydrogen) atoms. The molecule has 7 nitrogen and oxygen atoms in total. The maximum Gasteiger partial charge on any atom is 0.254 e. The normalized spacial score (nSPS) is 16.8. The van der Waals surface area contributed by atoms with E-state index in [0.29, 0.717) is 30.9 Å². The van der Waals surface area contributed by atoms with Crippen LogP contribution in [0.15, 0.2) is 36.7 Å². The van der Waals surface area contributed by atoms with Crippen LogP contribution in [0, 0.1) is 6.92 Å². The van der Waals surface area contributed by atoms with Crippen LogP contribution in [0.25, 0.3) is 0 Å². The maximum absolute atomic E-state index is 13.0. The van der Waals surface area contributed by atoms with Gasteiger partial charge >= 0.3 is 0 Å². The molecule has 0 radical (unpaired) electrons. The molecule has 1 fully saturated rings. The summed E-state index contributed by atoms with van der Waals surface area (Å²) in [5, 5.41) is 6.06. The third-order valence-electron chi connectivity index (χ3n) is 4.56. The highest BCUT2D eigenvalue weighted by Gasteiger charge is 2.32. The molecule has 2 aromatic rings. The standard InChI is InChI=1S/C20H25N5O2/c1-3-4-16-11-15(7-8-22-16)20(27)25-10-9-21-13-18(25)19(26)24-17-6-5-14(2)23-12-17/h5-8,11-12,18,21H,3-4,9-10,13H2,1-2H3,(H,24,26)/t18-/m0/s1. The van der Waals surface area contributed by atoms with Crippen LogP contribution in [0.2, 0.25) is 0 Å². The molecule has 1 saturated heterocycles. The smallest absolute Gasteiger partial charge is 0.254 e. The molecule has 1 aliphatic rings. The van der Waals surface area contributed by atoms with Crippen molar-refractivity contribution in [3.8, 4) is 0 Å². The van der Waals surface area contributed by atoms with Crippen LogP contribution < -0.4 is 10.6 Å². The summed E-state index contributed by atoms with van der Waals surface area (Å²) in [6.07, 6.45) is 5.07. The Morgan fingerprint density at radius 3 is 2.89 bits per heavy atom. The van der Waals surface area contributed by atoms with E-state index in [-0.39, 0.29) is 11.8 Å². The van der Waals surface area contributed by atoms with E-state index in [2.05, 4.69) is 27.5 Å². The molecule has 0 spiro atoms. The van der Waals surface area contributed by atoms with Crippen molar-refractivity contribution in [2.75, 3.05) is 25.0 Å². The quantitative estimate of drug-likeness (QED) is 0.841. The summed E-state index contributed by atoms with van der Waals surface area (Å²) in [5.41, 5.74) is 2.97. The highest BCUT2D eigenvalue weighted by molar-refractivity contribution is 6.01. The van der Waals surface area contributed by atoms with Crippen LogP contribution >= 0.6 is 0 Å². The number of aromatic nitrogens is 2. The van der Waals surface area contributed by atoms with Gasteiger partial charge in [-0.25, -0.2) is 0 Å². The van der Waals surface area contributed by atoms with E-state index in [1.165, 1.54) is 0 Å². The fraction of sp³-hybridized carbons (Fsp3) is 0.400. The van der Waals surface area contributed by atoms with Gasteiger partial charge in [-0.05, 0) is 37.6 Å². The third kappa shape index (κ3) is 4.68. The number of hydrogen-bond donors (Lipinski definition) is 2. The second-order valence-electron chi connectivity index (χ2n) is 6.68. The van der Waals surface area contributed by atoms with E-state index in [9.17, 15) is 9.59 Å². The lowest BCUT2D eigenvalue weighted by Crippen LogP contribution is -2.58. The van der Waals surface area contributed by atoms with Gasteiger partial charge in [-0.1, -0.05) is 13.3 Å². The minimum Gasteiger partial charge on any atom is -0.324 e. The molecule has 0 bridgehead atoms. The van der Waals surface area contributed by atoms with Crippen LogP contribution in [0.4, 0.5) is 5.69 Å². The topological polar surface area (TPSA) is 87.2 Å². The average molecular weight is 367 g/mol. The largest absolute Gasteiger partial charge is 0.324 e. The summed E-state index contributed by atoms with van der Waals surface area (Å²) in [7, 11) is 0. The van der Waals surface area contributed by atoms with Crippen molar-refractivity contribution in [1.82, 2.24) is 20.2 Å². The van der Waals surface area contributed by atoms with Crippen molar-refractivity contribution in [3.05, 3.63) is 53.6 Å². The molecule has 0 unspecified atom stereocenters. The Kier molecular flexibility index (Phi) is 6.13. The summed E-state index contributed by atoms with van der Waals surface area (Å²) in [4.78, 5) is 36.0. The number of anilines is 1. The molecule has 7 heteroatoms. The molecular formula is C20H25N5O2. The summed E-state index contributed by atoms with van der Waals surface area (Å²) in [6.45, 7) is 5.53. The van der Waals surface area contributed by atoms with E-state index in [1.807, 2.05) is 25.1 Å².